The standard InChI is InChI=1S/C14H25N3S/c1-3-8-15-13(12-6-4-5-7-12)11-18-14-16-9-10-17(14)2/h9-10,12-13,15H,3-8,11H2,1-2H3. The van der Waals surface area contributed by atoms with Crippen LogP contribution in [0.5, 0.6) is 0 Å². The van der Waals surface area contributed by atoms with Crippen LogP contribution in [0.1, 0.15) is 39.0 Å². The summed E-state index contributed by atoms with van der Waals surface area (Å²) < 4.78 is 2.11. The van der Waals surface area contributed by atoms with Gasteiger partial charge in [0.1, 0.15) is 0 Å². The average molecular weight is 267 g/mol. The van der Waals surface area contributed by atoms with Crippen molar-refractivity contribution < 1.29 is 0 Å². The molecule has 1 fully saturated rings. The van der Waals surface area contributed by atoms with Crippen molar-refractivity contribution in [1.29, 1.82) is 0 Å². The molecule has 1 aromatic heterocycles. The number of nitrogens with one attached hydrogen (secondary N) is 1. The van der Waals surface area contributed by atoms with Crippen molar-refractivity contribution in [1.82, 2.24) is 14.9 Å². The molecule has 4 heteroatoms. The lowest BCUT2D eigenvalue weighted by Crippen LogP contribution is -2.37. The highest BCUT2D eigenvalue weighted by molar-refractivity contribution is 7.99. The molecule has 0 bridgehead atoms. The summed E-state index contributed by atoms with van der Waals surface area (Å²) in [7, 11) is 2.07. The molecule has 102 valence electrons. The SMILES string of the molecule is CCCNC(CSc1nccn1C)C1CCCC1. The number of rotatable bonds is 7. The second-order valence-corrected chi connectivity index (χ2v) is 6.22. The third-order valence-electron chi connectivity index (χ3n) is 3.79. The van der Waals surface area contributed by atoms with Gasteiger partial charge < -0.3 is 9.88 Å². The van der Waals surface area contributed by atoms with E-state index in [1.165, 1.54) is 32.1 Å². The molecule has 0 amide bonds. The van der Waals surface area contributed by atoms with E-state index < -0.39 is 0 Å². The van der Waals surface area contributed by atoms with E-state index in [-0.39, 0.29) is 0 Å². The highest BCUT2D eigenvalue weighted by atomic mass is 32.2. The molecule has 3 nitrogen and oxygen atoms in total. The fourth-order valence-corrected chi connectivity index (χ4v) is 3.83. The summed E-state index contributed by atoms with van der Waals surface area (Å²) in [6.07, 6.45) is 10.8. The van der Waals surface area contributed by atoms with E-state index >= 15 is 0 Å². The number of hydrogen-bond acceptors (Lipinski definition) is 3. The smallest absolute Gasteiger partial charge is 0.167 e. The fraction of sp³-hybridized carbons (Fsp3) is 0.786. The van der Waals surface area contributed by atoms with Crippen LogP contribution < -0.4 is 5.32 Å². The van der Waals surface area contributed by atoms with Crippen molar-refractivity contribution in [2.75, 3.05) is 12.3 Å². The predicted molar refractivity (Wildman–Crippen MR) is 78.0 cm³/mol. The minimum atomic E-state index is 0.661. The average Bonchev–Trinajstić information content (AvgIpc) is 3.01. The fourth-order valence-electron chi connectivity index (χ4n) is 2.71. The Morgan fingerprint density at radius 2 is 2.28 bits per heavy atom. The maximum absolute atomic E-state index is 4.39. The lowest BCUT2D eigenvalue weighted by Gasteiger charge is -2.24. The number of aryl methyl sites for hydroxylation is 1. The lowest BCUT2D eigenvalue weighted by atomic mass is 10.00. The van der Waals surface area contributed by atoms with Crippen molar-refractivity contribution in [3.63, 3.8) is 0 Å². The summed E-state index contributed by atoms with van der Waals surface area (Å²) in [4.78, 5) is 4.39. The zero-order valence-corrected chi connectivity index (χ0v) is 12.4. The highest BCUT2D eigenvalue weighted by Gasteiger charge is 2.24. The van der Waals surface area contributed by atoms with Crippen LogP contribution in [-0.4, -0.2) is 27.9 Å². The van der Waals surface area contributed by atoms with Gasteiger partial charge in [0.05, 0.1) is 0 Å². The number of nitrogens with zero attached hydrogens (tertiary/aromatic N) is 2. The molecular formula is C14H25N3S. The van der Waals surface area contributed by atoms with Gasteiger partial charge in [0.25, 0.3) is 0 Å². The second-order valence-electron chi connectivity index (χ2n) is 5.24. The Kier molecular flexibility index (Phi) is 5.57. The van der Waals surface area contributed by atoms with Gasteiger partial charge in [-0.15, -0.1) is 0 Å². The van der Waals surface area contributed by atoms with E-state index in [0.717, 1.165) is 23.4 Å². The maximum atomic E-state index is 4.39. The molecule has 1 atom stereocenters. The van der Waals surface area contributed by atoms with E-state index in [4.69, 9.17) is 0 Å². The minimum absolute atomic E-state index is 0.661. The predicted octanol–water partition coefficient (Wildman–Crippen LogP) is 3.07. The summed E-state index contributed by atoms with van der Waals surface area (Å²) in [6, 6.07) is 0.661. The summed E-state index contributed by atoms with van der Waals surface area (Å²) in [5, 5.41) is 4.87. The van der Waals surface area contributed by atoms with E-state index in [2.05, 4.69) is 28.8 Å². The molecule has 0 radical (unpaired) electrons. The molecule has 0 aromatic carbocycles. The number of thioether (sulfide) groups is 1. The quantitative estimate of drug-likeness (QED) is 0.770. The van der Waals surface area contributed by atoms with Gasteiger partial charge >= 0.3 is 0 Å². The van der Waals surface area contributed by atoms with Gasteiger partial charge in [-0.05, 0) is 31.7 Å². The largest absolute Gasteiger partial charge is 0.329 e. The van der Waals surface area contributed by atoms with Gasteiger partial charge in [0.15, 0.2) is 5.16 Å². The number of hydrogen-bond donors (Lipinski definition) is 1. The Hall–Kier alpha value is -0.480. The topological polar surface area (TPSA) is 29.9 Å². The zero-order chi connectivity index (χ0) is 12.8. The molecule has 1 aromatic rings. The third-order valence-corrected chi connectivity index (χ3v) is 4.97. The first kappa shape index (κ1) is 13.9. The van der Waals surface area contributed by atoms with Gasteiger partial charge in [-0.2, -0.15) is 0 Å². The van der Waals surface area contributed by atoms with Crippen molar-refractivity contribution in [2.24, 2.45) is 13.0 Å². The van der Waals surface area contributed by atoms with Crippen LogP contribution in [0.15, 0.2) is 17.6 Å². The Morgan fingerprint density at radius 3 is 2.89 bits per heavy atom. The summed E-state index contributed by atoms with van der Waals surface area (Å²) in [5.74, 6) is 2.03. The number of aromatic nitrogens is 2. The maximum Gasteiger partial charge on any atom is 0.167 e. The van der Waals surface area contributed by atoms with Gasteiger partial charge in [-0.3, -0.25) is 0 Å². The van der Waals surface area contributed by atoms with E-state index in [9.17, 15) is 0 Å². The molecule has 0 spiro atoms. The molecule has 18 heavy (non-hydrogen) atoms. The van der Waals surface area contributed by atoms with Crippen LogP contribution in [0.2, 0.25) is 0 Å². The van der Waals surface area contributed by atoms with Crippen molar-refractivity contribution in [2.45, 2.75) is 50.2 Å². The van der Waals surface area contributed by atoms with Gasteiger partial charge in [-0.25, -0.2) is 4.98 Å². The Morgan fingerprint density at radius 1 is 1.50 bits per heavy atom. The second kappa shape index (κ2) is 7.19. The zero-order valence-electron chi connectivity index (χ0n) is 11.6. The molecular weight excluding hydrogens is 242 g/mol. The Balaban J connectivity index is 1.86. The van der Waals surface area contributed by atoms with Crippen LogP contribution in [0.4, 0.5) is 0 Å². The molecule has 1 aliphatic rings. The normalized spacial score (nSPS) is 18.3. The van der Waals surface area contributed by atoms with Crippen molar-refractivity contribution >= 4 is 11.8 Å². The van der Waals surface area contributed by atoms with Crippen molar-refractivity contribution in [3.05, 3.63) is 12.4 Å². The molecule has 1 aliphatic carbocycles. The summed E-state index contributed by atoms with van der Waals surface area (Å²) >= 11 is 1.89. The van der Waals surface area contributed by atoms with E-state index in [1.54, 1.807) is 0 Å². The Labute approximate surface area is 115 Å². The van der Waals surface area contributed by atoms with Crippen LogP contribution in [0, 0.1) is 5.92 Å². The minimum Gasteiger partial charge on any atom is -0.329 e. The van der Waals surface area contributed by atoms with Gasteiger partial charge in [0.2, 0.25) is 0 Å². The summed E-state index contributed by atoms with van der Waals surface area (Å²) in [6.45, 7) is 3.38. The molecule has 0 saturated heterocycles. The number of imidazole rings is 1. The molecule has 1 heterocycles. The van der Waals surface area contributed by atoms with Crippen LogP contribution in [0.25, 0.3) is 0 Å². The van der Waals surface area contributed by atoms with Crippen molar-refractivity contribution in [3.8, 4) is 0 Å². The monoisotopic (exact) mass is 267 g/mol. The van der Waals surface area contributed by atoms with Crippen LogP contribution >= 0.6 is 11.8 Å². The molecule has 0 aliphatic heterocycles. The van der Waals surface area contributed by atoms with Gasteiger partial charge in [0, 0.05) is 31.2 Å². The molecule has 2 rings (SSSR count). The molecule has 1 saturated carbocycles. The van der Waals surface area contributed by atoms with Gasteiger partial charge in [-0.1, -0.05) is 31.5 Å². The lowest BCUT2D eigenvalue weighted by molar-refractivity contribution is 0.387. The molecule has 1 N–H and O–H groups in total. The van der Waals surface area contributed by atoms with E-state index in [0.29, 0.717) is 6.04 Å². The van der Waals surface area contributed by atoms with Crippen LogP contribution in [-0.2, 0) is 7.05 Å². The van der Waals surface area contributed by atoms with Crippen LogP contribution in [0.3, 0.4) is 0 Å². The summed E-state index contributed by atoms with van der Waals surface area (Å²) in [5.41, 5.74) is 0. The first-order valence-corrected chi connectivity index (χ1v) is 8.13. The first-order chi connectivity index (χ1) is 8.81. The molecule has 1 unspecified atom stereocenters. The Bertz CT molecular complexity index is 345. The highest BCUT2D eigenvalue weighted by Crippen LogP contribution is 2.30. The van der Waals surface area contributed by atoms with E-state index in [1.807, 2.05) is 24.2 Å². The first-order valence-electron chi connectivity index (χ1n) is 7.14. The third kappa shape index (κ3) is 3.75.